The highest BCUT2D eigenvalue weighted by molar-refractivity contribution is 6.06. The molecule has 0 bridgehead atoms. The molecule has 21 heavy (non-hydrogen) atoms. The van der Waals surface area contributed by atoms with Crippen LogP contribution in [-0.4, -0.2) is 22.1 Å². The van der Waals surface area contributed by atoms with Gasteiger partial charge in [-0.25, -0.2) is 4.79 Å². The standard InChI is InChI=1S/C16H15NO4/c1-9-12(16(20)21)6-3-7-13(9)17-15(19)11-5-4-8-14(18)10(11)2/h3-8,18H,1-2H3,(H,17,19)(H,20,21). The van der Waals surface area contributed by atoms with E-state index in [1.165, 1.54) is 12.1 Å². The lowest BCUT2D eigenvalue weighted by Gasteiger charge is -2.12. The zero-order valence-corrected chi connectivity index (χ0v) is 11.7. The van der Waals surface area contributed by atoms with Gasteiger partial charge in [-0.3, -0.25) is 4.79 Å². The van der Waals surface area contributed by atoms with Crippen molar-refractivity contribution in [2.75, 3.05) is 5.32 Å². The minimum atomic E-state index is -1.04. The highest BCUT2D eigenvalue weighted by Crippen LogP contribution is 2.23. The SMILES string of the molecule is Cc1c(O)cccc1C(=O)Nc1cccc(C(=O)O)c1C. The zero-order chi connectivity index (χ0) is 15.6. The number of carboxylic acids is 1. The summed E-state index contributed by atoms with van der Waals surface area (Å²) in [7, 11) is 0. The molecule has 3 N–H and O–H groups in total. The van der Waals surface area contributed by atoms with Gasteiger partial charge in [0.15, 0.2) is 0 Å². The van der Waals surface area contributed by atoms with E-state index in [0.717, 1.165) is 0 Å². The van der Waals surface area contributed by atoms with Crippen LogP contribution in [0.5, 0.6) is 5.75 Å². The maximum atomic E-state index is 12.3. The Morgan fingerprint density at radius 2 is 1.57 bits per heavy atom. The first kappa shape index (κ1) is 14.6. The Balaban J connectivity index is 2.34. The number of phenols is 1. The number of carboxylic acid groups (broad SMARTS) is 1. The minimum Gasteiger partial charge on any atom is -0.508 e. The number of carbonyl (C=O) groups excluding carboxylic acids is 1. The summed E-state index contributed by atoms with van der Waals surface area (Å²) in [6.45, 7) is 3.28. The average Bonchev–Trinajstić information content (AvgIpc) is 2.43. The van der Waals surface area contributed by atoms with Crippen molar-refractivity contribution < 1.29 is 19.8 Å². The molecule has 0 aliphatic carbocycles. The number of benzene rings is 2. The second kappa shape index (κ2) is 5.66. The van der Waals surface area contributed by atoms with E-state index >= 15 is 0 Å². The van der Waals surface area contributed by atoms with E-state index in [1.807, 2.05) is 0 Å². The monoisotopic (exact) mass is 285 g/mol. The number of aromatic hydroxyl groups is 1. The molecule has 2 rings (SSSR count). The smallest absolute Gasteiger partial charge is 0.336 e. The third-order valence-corrected chi connectivity index (χ3v) is 3.36. The lowest BCUT2D eigenvalue weighted by Crippen LogP contribution is -2.15. The van der Waals surface area contributed by atoms with Gasteiger partial charge >= 0.3 is 5.97 Å². The van der Waals surface area contributed by atoms with Gasteiger partial charge in [-0.05, 0) is 43.7 Å². The largest absolute Gasteiger partial charge is 0.508 e. The number of carbonyl (C=O) groups is 2. The van der Waals surface area contributed by atoms with Gasteiger partial charge in [-0.1, -0.05) is 12.1 Å². The number of anilines is 1. The molecule has 0 saturated carbocycles. The summed E-state index contributed by atoms with van der Waals surface area (Å²) >= 11 is 0. The van der Waals surface area contributed by atoms with Crippen LogP contribution in [0.4, 0.5) is 5.69 Å². The highest BCUT2D eigenvalue weighted by Gasteiger charge is 2.15. The van der Waals surface area contributed by atoms with Gasteiger partial charge in [0.25, 0.3) is 5.91 Å². The Bertz CT molecular complexity index is 722. The third-order valence-electron chi connectivity index (χ3n) is 3.36. The first-order valence-electron chi connectivity index (χ1n) is 6.34. The van der Waals surface area contributed by atoms with Crippen LogP contribution in [0.2, 0.25) is 0 Å². The molecule has 0 aliphatic rings. The molecule has 0 unspecified atom stereocenters. The molecule has 108 valence electrons. The first-order valence-corrected chi connectivity index (χ1v) is 6.34. The van der Waals surface area contributed by atoms with Gasteiger partial charge in [0.2, 0.25) is 0 Å². The molecule has 0 saturated heterocycles. The normalized spacial score (nSPS) is 10.2. The second-order valence-electron chi connectivity index (χ2n) is 4.69. The Morgan fingerprint density at radius 1 is 0.952 bits per heavy atom. The second-order valence-corrected chi connectivity index (χ2v) is 4.69. The number of hydrogen-bond acceptors (Lipinski definition) is 3. The van der Waals surface area contributed by atoms with Crippen molar-refractivity contribution in [3.63, 3.8) is 0 Å². The van der Waals surface area contributed by atoms with Crippen LogP contribution in [0.3, 0.4) is 0 Å². The molecule has 5 nitrogen and oxygen atoms in total. The van der Waals surface area contributed by atoms with Gasteiger partial charge in [0.05, 0.1) is 5.56 Å². The lowest BCUT2D eigenvalue weighted by molar-refractivity contribution is 0.0695. The molecule has 0 fully saturated rings. The number of nitrogens with one attached hydrogen (secondary N) is 1. The van der Waals surface area contributed by atoms with Gasteiger partial charge in [0, 0.05) is 16.8 Å². The fraction of sp³-hybridized carbons (Fsp3) is 0.125. The molecule has 2 aromatic rings. The number of aromatic carboxylic acids is 1. The molecule has 5 heteroatoms. The van der Waals surface area contributed by atoms with E-state index in [9.17, 15) is 14.7 Å². The maximum Gasteiger partial charge on any atom is 0.336 e. The van der Waals surface area contributed by atoms with Gasteiger partial charge < -0.3 is 15.5 Å². The lowest BCUT2D eigenvalue weighted by atomic mass is 10.0. The Hall–Kier alpha value is -2.82. The predicted octanol–water partition coefficient (Wildman–Crippen LogP) is 2.96. The summed E-state index contributed by atoms with van der Waals surface area (Å²) < 4.78 is 0. The van der Waals surface area contributed by atoms with Crippen molar-refractivity contribution >= 4 is 17.6 Å². The topological polar surface area (TPSA) is 86.6 Å². The van der Waals surface area contributed by atoms with Gasteiger partial charge in [-0.2, -0.15) is 0 Å². The van der Waals surface area contributed by atoms with E-state index in [2.05, 4.69) is 5.32 Å². The molecule has 0 radical (unpaired) electrons. The van der Waals surface area contributed by atoms with Crippen molar-refractivity contribution in [2.24, 2.45) is 0 Å². The van der Waals surface area contributed by atoms with Crippen molar-refractivity contribution in [3.05, 3.63) is 58.7 Å². The average molecular weight is 285 g/mol. The van der Waals surface area contributed by atoms with Crippen molar-refractivity contribution in [3.8, 4) is 5.75 Å². The zero-order valence-electron chi connectivity index (χ0n) is 11.7. The van der Waals surface area contributed by atoms with Crippen LogP contribution in [0.15, 0.2) is 36.4 Å². The highest BCUT2D eigenvalue weighted by atomic mass is 16.4. The summed E-state index contributed by atoms with van der Waals surface area (Å²) in [5.74, 6) is -1.40. The molecule has 0 atom stereocenters. The molecule has 0 aliphatic heterocycles. The van der Waals surface area contributed by atoms with Crippen LogP contribution in [-0.2, 0) is 0 Å². The quantitative estimate of drug-likeness (QED) is 0.809. The summed E-state index contributed by atoms with van der Waals surface area (Å²) in [6, 6.07) is 9.37. The van der Waals surface area contributed by atoms with E-state index in [0.29, 0.717) is 22.4 Å². The Morgan fingerprint density at radius 3 is 2.24 bits per heavy atom. The summed E-state index contributed by atoms with van der Waals surface area (Å²) in [5.41, 5.74) is 1.87. The number of amides is 1. The molecular formula is C16H15NO4. The van der Waals surface area contributed by atoms with E-state index in [-0.39, 0.29) is 11.3 Å². The van der Waals surface area contributed by atoms with Crippen LogP contribution in [0.25, 0.3) is 0 Å². The molecular weight excluding hydrogens is 270 g/mol. The van der Waals surface area contributed by atoms with Crippen LogP contribution in [0, 0.1) is 13.8 Å². The summed E-state index contributed by atoms with van der Waals surface area (Å²) in [4.78, 5) is 23.3. The summed E-state index contributed by atoms with van der Waals surface area (Å²) in [5, 5.41) is 21.4. The van der Waals surface area contributed by atoms with E-state index < -0.39 is 11.9 Å². The third kappa shape index (κ3) is 2.86. The van der Waals surface area contributed by atoms with E-state index in [1.54, 1.807) is 38.1 Å². The van der Waals surface area contributed by atoms with Crippen LogP contribution >= 0.6 is 0 Å². The van der Waals surface area contributed by atoms with Crippen LogP contribution in [0.1, 0.15) is 31.8 Å². The first-order chi connectivity index (χ1) is 9.91. The van der Waals surface area contributed by atoms with Crippen molar-refractivity contribution in [2.45, 2.75) is 13.8 Å². The van der Waals surface area contributed by atoms with Gasteiger partial charge in [-0.15, -0.1) is 0 Å². The summed E-state index contributed by atoms with van der Waals surface area (Å²) in [6.07, 6.45) is 0. The number of rotatable bonds is 3. The fourth-order valence-electron chi connectivity index (χ4n) is 2.06. The molecule has 0 spiro atoms. The number of hydrogen-bond donors (Lipinski definition) is 3. The Labute approximate surface area is 121 Å². The minimum absolute atomic E-state index is 0.0404. The van der Waals surface area contributed by atoms with Crippen molar-refractivity contribution in [1.82, 2.24) is 0 Å². The molecule has 0 heterocycles. The Kier molecular flexibility index (Phi) is 3.93. The van der Waals surface area contributed by atoms with Crippen molar-refractivity contribution in [1.29, 1.82) is 0 Å². The predicted molar refractivity (Wildman–Crippen MR) is 78.9 cm³/mol. The van der Waals surface area contributed by atoms with Crippen LogP contribution < -0.4 is 5.32 Å². The fourth-order valence-corrected chi connectivity index (χ4v) is 2.06. The molecule has 2 aromatic carbocycles. The maximum absolute atomic E-state index is 12.3. The van der Waals surface area contributed by atoms with E-state index in [4.69, 9.17) is 5.11 Å². The van der Waals surface area contributed by atoms with Gasteiger partial charge in [0.1, 0.15) is 5.75 Å². The molecule has 1 amide bonds. The number of phenolic OH excluding ortho intramolecular Hbond substituents is 1. The molecule has 0 aromatic heterocycles.